The van der Waals surface area contributed by atoms with Gasteiger partial charge < -0.3 is 14.6 Å². The second kappa shape index (κ2) is 6.54. The molecule has 1 fully saturated rings. The SMILES string of the molecule is CCC1CN(C)[C@H]2Cc3c([nH]c4ccccc34)C(=O)C[C@@H]1C2C(=O)OC. The van der Waals surface area contributed by atoms with E-state index >= 15 is 0 Å². The second-order valence-corrected chi connectivity index (χ2v) is 7.74. The Labute approximate surface area is 153 Å². The van der Waals surface area contributed by atoms with Crippen LogP contribution in [0.3, 0.4) is 0 Å². The Morgan fingerprint density at radius 2 is 2.08 bits per heavy atom. The van der Waals surface area contributed by atoms with Gasteiger partial charge in [-0.2, -0.15) is 0 Å². The fourth-order valence-corrected chi connectivity index (χ4v) is 5.15. The van der Waals surface area contributed by atoms with Gasteiger partial charge in [0.1, 0.15) is 0 Å². The highest BCUT2D eigenvalue weighted by atomic mass is 16.5. The van der Waals surface area contributed by atoms with Crippen molar-refractivity contribution in [3.8, 4) is 0 Å². The Morgan fingerprint density at radius 1 is 1.31 bits per heavy atom. The molecule has 1 N–H and O–H groups in total. The van der Waals surface area contributed by atoms with Crippen molar-refractivity contribution in [2.75, 3.05) is 20.7 Å². The number of H-pyrrole nitrogens is 1. The van der Waals surface area contributed by atoms with E-state index in [0.29, 0.717) is 18.8 Å². The molecule has 4 atom stereocenters. The second-order valence-electron chi connectivity index (χ2n) is 7.74. The van der Waals surface area contributed by atoms with Crippen molar-refractivity contribution >= 4 is 22.7 Å². The Hall–Kier alpha value is -2.14. The number of methoxy groups -OCH3 is 1. The van der Waals surface area contributed by atoms with Gasteiger partial charge in [-0.25, -0.2) is 0 Å². The largest absolute Gasteiger partial charge is 0.469 e. The minimum absolute atomic E-state index is 0.0423. The van der Waals surface area contributed by atoms with Gasteiger partial charge in [-0.15, -0.1) is 0 Å². The number of nitrogens with one attached hydrogen (secondary N) is 1. The van der Waals surface area contributed by atoms with E-state index in [2.05, 4.69) is 29.9 Å². The van der Waals surface area contributed by atoms with Crippen molar-refractivity contribution in [1.29, 1.82) is 0 Å². The van der Waals surface area contributed by atoms with Crippen molar-refractivity contribution < 1.29 is 14.3 Å². The molecule has 1 aromatic carbocycles. The Balaban J connectivity index is 1.88. The van der Waals surface area contributed by atoms with Crippen LogP contribution in [0.5, 0.6) is 0 Å². The summed E-state index contributed by atoms with van der Waals surface area (Å²) in [6, 6.07) is 8.10. The summed E-state index contributed by atoms with van der Waals surface area (Å²) < 4.78 is 5.17. The third kappa shape index (κ3) is 2.57. The monoisotopic (exact) mass is 354 g/mol. The number of Topliss-reactive ketones (excluding diaryl/α,β-unsaturated/α-hetero) is 1. The van der Waals surface area contributed by atoms with Crippen LogP contribution in [-0.2, 0) is 16.0 Å². The zero-order valence-corrected chi connectivity index (χ0v) is 15.6. The smallest absolute Gasteiger partial charge is 0.310 e. The molecule has 1 aromatic heterocycles. The minimum atomic E-state index is -0.255. The van der Waals surface area contributed by atoms with Crippen LogP contribution in [-0.4, -0.2) is 48.4 Å². The molecular weight excluding hydrogens is 328 g/mol. The van der Waals surface area contributed by atoms with Crippen LogP contribution in [0.15, 0.2) is 24.3 Å². The number of ketones is 1. The topological polar surface area (TPSA) is 62.4 Å². The van der Waals surface area contributed by atoms with Crippen LogP contribution in [0.1, 0.15) is 35.8 Å². The zero-order chi connectivity index (χ0) is 18.4. The first-order valence-electron chi connectivity index (χ1n) is 9.46. The van der Waals surface area contributed by atoms with Crippen LogP contribution in [0.4, 0.5) is 0 Å². The number of aromatic amines is 1. The van der Waals surface area contributed by atoms with Crippen molar-refractivity contribution in [3.05, 3.63) is 35.5 Å². The van der Waals surface area contributed by atoms with Gasteiger partial charge in [-0.3, -0.25) is 9.59 Å². The van der Waals surface area contributed by atoms with E-state index < -0.39 is 0 Å². The summed E-state index contributed by atoms with van der Waals surface area (Å²) in [4.78, 5) is 31.5. The quantitative estimate of drug-likeness (QED) is 0.842. The first kappa shape index (κ1) is 17.3. The fraction of sp³-hybridized carbons (Fsp3) is 0.524. The molecule has 2 aliphatic rings. The zero-order valence-electron chi connectivity index (χ0n) is 15.6. The third-order valence-electron chi connectivity index (χ3n) is 6.49. The van der Waals surface area contributed by atoms with Gasteiger partial charge in [0.2, 0.25) is 0 Å². The number of esters is 1. The van der Waals surface area contributed by atoms with Gasteiger partial charge >= 0.3 is 5.97 Å². The molecule has 2 heterocycles. The Bertz CT molecular complexity index is 856. The lowest BCUT2D eigenvalue weighted by molar-refractivity contribution is -0.154. The normalized spacial score (nSPS) is 29.1. The highest BCUT2D eigenvalue weighted by Gasteiger charge is 2.48. The van der Waals surface area contributed by atoms with Gasteiger partial charge in [0.05, 0.1) is 18.7 Å². The number of fused-ring (bicyclic) bond motifs is 5. The molecule has 0 amide bonds. The number of hydrogen-bond acceptors (Lipinski definition) is 4. The number of ether oxygens (including phenoxy) is 1. The average Bonchev–Trinajstić information content (AvgIpc) is 3.01. The van der Waals surface area contributed by atoms with E-state index in [4.69, 9.17) is 4.74 Å². The van der Waals surface area contributed by atoms with Crippen LogP contribution in [0.2, 0.25) is 0 Å². The van der Waals surface area contributed by atoms with Gasteiger partial charge in [-0.1, -0.05) is 31.5 Å². The number of carbonyl (C=O) groups excluding carboxylic acids is 2. The minimum Gasteiger partial charge on any atom is -0.469 e. The van der Waals surface area contributed by atoms with Crippen molar-refractivity contribution in [1.82, 2.24) is 9.88 Å². The maximum Gasteiger partial charge on any atom is 0.310 e. The summed E-state index contributed by atoms with van der Waals surface area (Å²) in [5, 5.41) is 1.09. The molecule has 2 unspecified atom stereocenters. The molecule has 0 spiro atoms. The summed E-state index contributed by atoms with van der Waals surface area (Å²) in [6.45, 7) is 3.06. The number of likely N-dealkylation sites (tertiary alicyclic amines) is 1. The van der Waals surface area contributed by atoms with Crippen molar-refractivity contribution in [2.24, 2.45) is 17.8 Å². The Kier molecular flexibility index (Phi) is 4.35. The number of rotatable bonds is 2. The number of hydrogen-bond donors (Lipinski definition) is 1. The van der Waals surface area contributed by atoms with E-state index in [9.17, 15) is 9.59 Å². The summed E-state index contributed by atoms with van der Waals surface area (Å²) in [7, 11) is 3.55. The molecule has 0 saturated carbocycles. The summed E-state index contributed by atoms with van der Waals surface area (Å²) >= 11 is 0. The molecular formula is C21H26N2O3. The standard InChI is InChI=1S/C21H26N2O3/c1-4-12-11-23(2)17-9-15-13-7-5-6-8-16(13)22-20(15)18(24)10-14(12)19(17)21(25)26-3/h5-8,12,14,17,19,22H,4,9-11H2,1-3H3/t12?,14-,17-,19?/m0/s1. The predicted molar refractivity (Wildman–Crippen MR) is 100 cm³/mol. The van der Waals surface area contributed by atoms with Gasteiger partial charge in [0.15, 0.2) is 5.78 Å². The Morgan fingerprint density at radius 3 is 2.81 bits per heavy atom. The van der Waals surface area contributed by atoms with E-state index in [0.717, 1.165) is 35.1 Å². The third-order valence-corrected chi connectivity index (χ3v) is 6.49. The first-order valence-corrected chi connectivity index (χ1v) is 9.46. The summed E-state index contributed by atoms with van der Waals surface area (Å²) in [6.07, 6.45) is 2.05. The van der Waals surface area contributed by atoms with Crippen LogP contribution in [0.25, 0.3) is 10.9 Å². The average molecular weight is 354 g/mol. The van der Waals surface area contributed by atoms with Crippen LogP contribution >= 0.6 is 0 Å². The number of piperidine rings is 1. The molecule has 5 nitrogen and oxygen atoms in total. The molecule has 138 valence electrons. The van der Waals surface area contributed by atoms with Gasteiger partial charge in [-0.05, 0) is 36.9 Å². The highest BCUT2D eigenvalue weighted by Crippen LogP contribution is 2.42. The number of likely N-dealkylation sites (N-methyl/N-ethyl adjacent to an activating group) is 1. The van der Waals surface area contributed by atoms with E-state index in [1.807, 2.05) is 18.2 Å². The number of aromatic nitrogens is 1. The summed E-state index contributed by atoms with van der Waals surface area (Å²) in [5.41, 5.74) is 2.77. The lowest BCUT2D eigenvalue weighted by Crippen LogP contribution is -2.56. The number of para-hydroxylation sites is 1. The van der Waals surface area contributed by atoms with Crippen molar-refractivity contribution in [2.45, 2.75) is 32.2 Å². The van der Waals surface area contributed by atoms with Gasteiger partial charge in [0, 0.05) is 29.9 Å². The fourth-order valence-electron chi connectivity index (χ4n) is 5.15. The molecule has 0 radical (unpaired) electrons. The van der Waals surface area contributed by atoms with Crippen LogP contribution in [0, 0.1) is 17.8 Å². The maximum absolute atomic E-state index is 13.1. The first-order chi connectivity index (χ1) is 12.5. The lowest BCUT2D eigenvalue weighted by atomic mass is 9.67. The summed E-state index contributed by atoms with van der Waals surface area (Å²) in [5.74, 6) is 0.0584. The number of carbonyl (C=O) groups is 2. The molecule has 1 aliphatic heterocycles. The molecule has 1 saturated heterocycles. The number of benzene rings is 1. The predicted octanol–water partition coefficient (Wildman–Crippen LogP) is 3.04. The van der Waals surface area contributed by atoms with Gasteiger partial charge in [0.25, 0.3) is 0 Å². The molecule has 4 rings (SSSR count). The number of nitrogens with zero attached hydrogens (tertiary/aromatic N) is 1. The maximum atomic E-state index is 13.1. The van der Waals surface area contributed by atoms with E-state index in [1.165, 1.54) is 7.11 Å². The van der Waals surface area contributed by atoms with E-state index in [-0.39, 0.29) is 29.6 Å². The molecule has 1 aliphatic carbocycles. The molecule has 5 heteroatoms. The van der Waals surface area contributed by atoms with E-state index in [1.54, 1.807) is 0 Å². The lowest BCUT2D eigenvalue weighted by Gasteiger charge is -2.47. The molecule has 2 bridgehead atoms. The molecule has 26 heavy (non-hydrogen) atoms. The van der Waals surface area contributed by atoms with Crippen molar-refractivity contribution in [3.63, 3.8) is 0 Å². The van der Waals surface area contributed by atoms with Crippen LogP contribution < -0.4 is 0 Å². The molecule has 2 aromatic rings. The highest BCUT2D eigenvalue weighted by molar-refractivity contribution is 6.03.